The number of aliphatic hydroxyl groups excluding tert-OH is 1. The molecule has 1 aromatic carbocycles. The number of aromatic nitrogens is 2. The molecule has 112 valence electrons. The van der Waals surface area contributed by atoms with Gasteiger partial charge in [-0.05, 0) is 12.5 Å². The molecule has 0 aliphatic heterocycles. The first-order valence-corrected chi connectivity index (χ1v) is 7.14. The third-order valence-corrected chi connectivity index (χ3v) is 3.08. The molecule has 1 unspecified atom stereocenters. The number of nitrogens with zero attached hydrogens (tertiary/aromatic N) is 2. The zero-order chi connectivity index (χ0) is 15.1. The average molecular weight is 308 g/mol. The zero-order valence-electron chi connectivity index (χ0n) is 11.8. The van der Waals surface area contributed by atoms with Crippen LogP contribution in [0.4, 0.5) is 5.82 Å². The summed E-state index contributed by atoms with van der Waals surface area (Å²) >= 11 is 5.99. The van der Waals surface area contributed by atoms with E-state index < -0.39 is 0 Å². The van der Waals surface area contributed by atoms with Crippen molar-refractivity contribution in [3.63, 3.8) is 0 Å². The van der Waals surface area contributed by atoms with E-state index in [1.165, 1.54) is 0 Å². The van der Waals surface area contributed by atoms with Crippen LogP contribution in [-0.2, 0) is 11.3 Å². The predicted octanol–water partition coefficient (Wildman–Crippen LogP) is 2.81. The minimum Gasteiger partial charge on any atom is -0.394 e. The van der Waals surface area contributed by atoms with Gasteiger partial charge >= 0.3 is 0 Å². The Bertz CT molecular complexity index is 566. The number of rotatable bonds is 7. The SMILES string of the molecule is CCOCc1nc(Cl)cc(NC(CO)c2ccccc2)n1. The van der Waals surface area contributed by atoms with Gasteiger partial charge in [-0.15, -0.1) is 0 Å². The van der Waals surface area contributed by atoms with E-state index in [0.29, 0.717) is 30.0 Å². The average Bonchev–Trinajstić information content (AvgIpc) is 2.51. The van der Waals surface area contributed by atoms with E-state index in [2.05, 4.69) is 15.3 Å². The summed E-state index contributed by atoms with van der Waals surface area (Å²) in [4.78, 5) is 8.45. The van der Waals surface area contributed by atoms with E-state index in [1.54, 1.807) is 6.07 Å². The van der Waals surface area contributed by atoms with Gasteiger partial charge < -0.3 is 15.2 Å². The second-order valence-corrected chi connectivity index (χ2v) is 4.81. The van der Waals surface area contributed by atoms with Gasteiger partial charge in [0.15, 0.2) is 5.82 Å². The molecule has 0 aliphatic rings. The fraction of sp³-hybridized carbons (Fsp3) is 0.333. The Kier molecular flexibility index (Phi) is 5.92. The molecule has 0 saturated heterocycles. The quantitative estimate of drug-likeness (QED) is 0.770. The molecule has 5 nitrogen and oxygen atoms in total. The van der Waals surface area contributed by atoms with Gasteiger partial charge in [-0.3, -0.25) is 0 Å². The minimum atomic E-state index is -0.253. The summed E-state index contributed by atoms with van der Waals surface area (Å²) in [5.41, 5.74) is 0.973. The van der Waals surface area contributed by atoms with Crippen LogP contribution < -0.4 is 5.32 Å². The maximum atomic E-state index is 9.56. The molecule has 0 radical (unpaired) electrons. The second kappa shape index (κ2) is 7.93. The van der Waals surface area contributed by atoms with Gasteiger partial charge in [0.1, 0.15) is 17.6 Å². The molecule has 0 saturated carbocycles. The van der Waals surface area contributed by atoms with E-state index in [0.717, 1.165) is 5.56 Å². The largest absolute Gasteiger partial charge is 0.394 e. The molecule has 6 heteroatoms. The molecular weight excluding hydrogens is 290 g/mol. The summed E-state index contributed by atoms with van der Waals surface area (Å²) in [5, 5.41) is 13.1. The molecule has 0 fully saturated rings. The van der Waals surface area contributed by atoms with Crippen molar-refractivity contribution in [2.75, 3.05) is 18.5 Å². The van der Waals surface area contributed by atoms with E-state index in [9.17, 15) is 5.11 Å². The van der Waals surface area contributed by atoms with Gasteiger partial charge in [0.05, 0.1) is 12.6 Å². The third kappa shape index (κ3) is 4.67. The van der Waals surface area contributed by atoms with Gasteiger partial charge in [-0.25, -0.2) is 9.97 Å². The highest BCUT2D eigenvalue weighted by Crippen LogP contribution is 2.20. The van der Waals surface area contributed by atoms with Crippen molar-refractivity contribution >= 4 is 17.4 Å². The highest BCUT2D eigenvalue weighted by Gasteiger charge is 2.12. The molecule has 0 bridgehead atoms. The monoisotopic (exact) mass is 307 g/mol. The van der Waals surface area contributed by atoms with Gasteiger partial charge in [0.25, 0.3) is 0 Å². The fourth-order valence-electron chi connectivity index (χ4n) is 1.89. The molecule has 1 aromatic heterocycles. The van der Waals surface area contributed by atoms with Crippen LogP contribution in [0.1, 0.15) is 24.4 Å². The normalized spacial score (nSPS) is 12.1. The lowest BCUT2D eigenvalue weighted by Gasteiger charge is -2.17. The molecule has 2 N–H and O–H groups in total. The summed E-state index contributed by atoms with van der Waals surface area (Å²) in [6.07, 6.45) is 0. The molecule has 1 heterocycles. The Balaban J connectivity index is 2.15. The van der Waals surface area contributed by atoms with Crippen molar-refractivity contribution in [3.05, 3.63) is 52.9 Å². The van der Waals surface area contributed by atoms with Gasteiger partial charge in [-0.1, -0.05) is 41.9 Å². The van der Waals surface area contributed by atoms with Crippen molar-refractivity contribution in [1.82, 2.24) is 9.97 Å². The molecule has 1 atom stereocenters. The maximum absolute atomic E-state index is 9.56. The number of benzene rings is 1. The number of halogens is 1. The topological polar surface area (TPSA) is 67.3 Å². The van der Waals surface area contributed by atoms with Crippen LogP contribution in [0.3, 0.4) is 0 Å². The Morgan fingerprint density at radius 3 is 2.71 bits per heavy atom. The van der Waals surface area contributed by atoms with Gasteiger partial charge in [0.2, 0.25) is 0 Å². The Labute approximate surface area is 129 Å². The molecular formula is C15H18ClN3O2. The van der Waals surface area contributed by atoms with Crippen LogP contribution in [0.15, 0.2) is 36.4 Å². The summed E-state index contributed by atoms with van der Waals surface area (Å²) in [6, 6.07) is 11.0. The van der Waals surface area contributed by atoms with Crippen LogP contribution in [0.5, 0.6) is 0 Å². The van der Waals surface area contributed by atoms with Gasteiger partial charge in [-0.2, -0.15) is 0 Å². The number of anilines is 1. The molecule has 0 spiro atoms. The first-order valence-electron chi connectivity index (χ1n) is 6.76. The third-order valence-electron chi connectivity index (χ3n) is 2.88. The van der Waals surface area contributed by atoms with E-state index >= 15 is 0 Å². The summed E-state index contributed by atoms with van der Waals surface area (Å²) in [5.74, 6) is 1.07. The van der Waals surface area contributed by atoms with Crippen molar-refractivity contribution < 1.29 is 9.84 Å². The van der Waals surface area contributed by atoms with Crippen LogP contribution in [-0.4, -0.2) is 28.3 Å². The minimum absolute atomic E-state index is 0.0492. The lowest BCUT2D eigenvalue weighted by Crippen LogP contribution is -2.16. The van der Waals surface area contributed by atoms with Gasteiger partial charge in [0, 0.05) is 12.7 Å². The van der Waals surface area contributed by atoms with E-state index in [1.807, 2.05) is 37.3 Å². The van der Waals surface area contributed by atoms with Crippen molar-refractivity contribution in [2.45, 2.75) is 19.6 Å². The predicted molar refractivity (Wildman–Crippen MR) is 82.3 cm³/mol. The molecule has 0 amide bonds. The summed E-state index contributed by atoms with van der Waals surface area (Å²) < 4.78 is 5.28. The lowest BCUT2D eigenvalue weighted by atomic mass is 10.1. The maximum Gasteiger partial charge on any atom is 0.158 e. The highest BCUT2D eigenvalue weighted by atomic mass is 35.5. The molecule has 2 rings (SSSR count). The Morgan fingerprint density at radius 2 is 2.05 bits per heavy atom. The number of hydrogen-bond acceptors (Lipinski definition) is 5. The van der Waals surface area contributed by atoms with Crippen molar-refractivity contribution in [3.8, 4) is 0 Å². The van der Waals surface area contributed by atoms with Crippen molar-refractivity contribution in [1.29, 1.82) is 0 Å². The van der Waals surface area contributed by atoms with Crippen LogP contribution in [0.25, 0.3) is 0 Å². The van der Waals surface area contributed by atoms with Crippen molar-refractivity contribution in [2.24, 2.45) is 0 Å². The van der Waals surface area contributed by atoms with E-state index in [-0.39, 0.29) is 12.6 Å². The van der Waals surface area contributed by atoms with Crippen LogP contribution >= 0.6 is 11.6 Å². The first-order chi connectivity index (χ1) is 10.2. The second-order valence-electron chi connectivity index (χ2n) is 4.42. The fourth-order valence-corrected chi connectivity index (χ4v) is 2.10. The highest BCUT2D eigenvalue weighted by molar-refractivity contribution is 6.29. The lowest BCUT2D eigenvalue weighted by molar-refractivity contribution is 0.128. The summed E-state index contributed by atoms with van der Waals surface area (Å²) in [7, 11) is 0. The number of aliphatic hydroxyl groups is 1. The summed E-state index contributed by atoms with van der Waals surface area (Å²) in [6.45, 7) is 2.75. The Morgan fingerprint density at radius 1 is 1.29 bits per heavy atom. The molecule has 0 aliphatic carbocycles. The number of hydrogen-bond donors (Lipinski definition) is 2. The molecule has 21 heavy (non-hydrogen) atoms. The van der Waals surface area contributed by atoms with E-state index in [4.69, 9.17) is 16.3 Å². The number of nitrogens with one attached hydrogen (secondary N) is 1. The number of ether oxygens (including phenoxy) is 1. The van der Waals surface area contributed by atoms with Crippen LogP contribution in [0.2, 0.25) is 5.15 Å². The Hall–Kier alpha value is -1.69. The zero-order valence-corrected chi connectivity index (χ0v) is 12.5. The smallest absolute Gasteiger partial charge is 0.158 e. The molecule has 2 aromatic rings. The first kappa shape index (κ1) is 15.7. The standard InChI is InChI=1S/C15H18ClN3O2/c1-2-21-10-15-18-13(16)8-14(19-15)17-12(9-20)11-6-4-3-5-7-11/h3-8,12,20H,2,9-10H2,1H3,(H,17,18,19). The van der Waals surface area contributed by atoms with Crippen LogP contribution in [0, 0.1) is 0 Å².